The average Bonchev–Trinajstić information content (AvgIpc) is 3.16. The molecule has 0 aliphatic carbocycles. The zero-order chi connectivity index (χ0) is 18.5. The second-order valence-electron chi connectivity index (χ2n) is 6.22. The number of hydrogen-bond donors (Lipinski definition) is 1. The fourth-order valence-electron chi connectivity index (χ4n) is 2.84. The van der Waals surface area contributed by atoms with E-state index in [2.05, 4.69) is 15.0 Å². The Kier molecular flexibility index (Phi) is 5.76. The fourth-order valence-corrected chi connectivity index (χ4v) is 3.85. The highest BCUT2D eigenvalue weighted by atomic mass is 32.2. The highest BCUT2D eigenvalue weighted by Gasteiger charge is 2.15. The van der Waals surface area contributed by atoms with Crippen LogP contribution in [0.3, 0.4) is 0 Å². The Morgan fingerprint density at radius 2 is 2.19 bits per heavy atom. The van der Waals surface area contributed by atoms with Crippen LogP contribution in [0.5, 0.6) is 5.75 Å². The Labute approximate surface area is 159 Å². The minimum atomic E-state index is -1.21. The second-order valence-corrected chi connectivity index (χ2v) is 7.71. The maximum atomic E-state index is 12.5. The summed E-state index contributed by atoms with van der Waals surface area (Å²) >= 11 is 0. The van der Waals surface area contributed by atoms with E-state index in [1.807, 2.05) is 36.4 Å². The number of para-hydroxylation sites is 2. The van der Waals surface area contributed by atoms with Gasteiger partial charge in [0.25, 0.3) is 0 Å². The number of aromatic nitrogens is 3. The van der Waals surface area contributed by atoms with Crippen molar-refractivity contribution in [1.29, 1.82) is 0 Å². The van der Waals surface area contributed by atoms with Gasteiger partial charge in [-0.2, -0.15) is 0 Å². The van der Waals surface area contributed by atoms with Gasteiger partial charge in [0.2, 0.25) is 0 Å². The van der Waals surface area contributed by atoms with Crippen molar-refractivity contribution in [2.45, 2.75) is 17.7 Å². The maximum absolute atomic E-state index is 12.5. The van der Waals surface area contributed by atoms with Crippen LogP contribution in [0.2, 0.25) is 0 Å². The van der Waals surface area contributed by atoms with E-state index in [0.717, 1.165) is 22.5 Å². The number of aromatic amines is 1. The summed E-state index contributed by atoms with van der Waals surface area (Å²) in [6.07, 6.45) is 2.23. The summed E-state index contributed by atoms with van der Waals surface area (Å²) < 4.78 is 29.2. The summed E-state index contributed by atoms with van der Waals surface area (Å²) in [5.74, 6) is 1.17. The molecular formula is C19H21N3O4S. The molecule has 3 heterocycles. The highest BCUT2D eigenvalue weighted by molar-refractivity contribution is 7.84. The van der Waals surface area contributed by atoms with Gasteiger partial charge < -0.3 is 19.2 Å². The summed E-state index contributed by atoms with van der Waals surface area (Å²) in [6.45, 7) is 2.23. The van der Waals surface area contributed by atoms with Gasteiger partial charge in [-0.3, -0.25) is 9.19 Å². The molecule has 2 atom stereocenters. The summed E-state index contributed by atoms with van der Waals surface area (Å²) in [7, 11) is -1.21. The molecule has 2 aromatic heterocycles. The molecule has 0 saturated carbocycles. The molecule has 4 rings (SSSR count). The molecule has 1 aromatic carbocycles. The van der Waals surface area contributed by atoms with E-state index in [4.69, 9.17) is 14.2 Å². The first-order valence-electron chi connectivity index (χ1n) is 8.88. The summed E-state index contributed by atoms with van der Waals surface area (Å²) in [4.78, 5) is 11.9. The maximum Gasteiger partial charge on any atom is 0.197 e. The lowest BCUT2D eigenvalue weighted by atomic mass is 10.3. The van der Waals surface area contributed by atoms with E-state index in [0.29, 0.717) is 43.8 Å². The third kappa shape index (κ3) is 4.71. The van der Waals surface area contributed by atoms with E-state index in [-0.39, 0.29) is 6.10 Å². The van der Waals surface area contributed by atoms with Crippen LogP contribution >= 0.6 is 0 Å². The van der Waals surface area contributed by atoms with Gasteiger partial charge in [0.1, 0.15) is 18.5 Å². The van der Waals surface area contributed by atoms with E-state index in [1.165, 1.54) is 0 Å². The Hall–Kier alpha value is -2.29. The molecule has 27 heavy (non-hydrogen) atoms. The van der Waals surface area contributed by atoms with Crippen molar-refractivity contribution in [3.8, 4) is 5.75 Å². The summed E-state index contributed by atoms with van der Waals surface area (Å²) in [5.41, 5.74) is 2.55. The number of imidazole rings is 1. The van der Waals surface area contributed by atoms with Crippen molar-refractivity contribution in [1.82, 2.24) is 15.0 Å². The molecule has 1 saturated heterocycles. The number of ether oxygens (including phenoxy) is 3. The smallest absolute Gasteiger partial charge is 0.197 e. The van der Waals surface area contributed by atoms with Gasteiger partial charge in [-0.1, -0.05) is 12.1 Å². The van der Waals surface area contributed by atoms with Crippen LogP contribution in [0.4, 0.5) is 0 Å². The molecule has 1 aliphatic heterocycles. The van der Waals surface area contributed by atoms with E-state index in [1.54, 1.807) is 6.20 Å². The summed E-state index contributed by atoms with van der Waals surface area (Å²) in [6, 6.07) is 11.3. The average molecular weight is 387 g/mol. The van der Waals surface area contributed by atoms with Crippen LogP contribution in [0.25, 0.3) is 11.0 Å². The minimum Gasteiger partial charge on any atom is -0.491 e. The number of aryl methyl sites for hydroxylation is 1. The second kappa shape index (κ2) is 8.60. The van der Waals surface area contributed by atoms with Crippen LogP contribution in [-0.2, 0) is 26.7 Å². The SMILES string of the molecule is O=S(CCc1cc(OCC2COCCO2)ccn1)c1nc2ccccc2[nH]1. The minimum absolute atomic E-state index is 0.0454. The summed E-state index contributed by atoms with van der Waals surface area (Å²) in [5, 5.41) is 0.498. The standard InChI is InChI=1S/C19H21N3O4S/c23-27(19-21-17-3-1-2-4-18(17)22-19)10-6-14-11-15(5-7-20-14)26-13-16-12-24-8-9-25-16/h1-5,7,11,16H,6,8-10,12-13H2,(H,21,22). The van der Waals surface area contributed by atoms with Gasteiger partial charge in [-0.15, -0.1) is 0 Å². The first-order valence-corrected chi connectivity index (χ1v) is 10.2. The van der Waals surface area contributed by atoms with Crippen LogP contribution in [0, 0.1) is 0 Å². The Morgan fingerprint density at radius 3 is 3.04 bits per heavy atom. The predicted octanol–water partition coefficient (Wildman–Crippen LogP) is 2.10. The molecule has 0 spiro atoms. The fraction of sp³-hybridized carbons (Fsp3) is 0.368. The zero-order valence-electron chi connectivity index (χ0n) is 14.8. The van der Waals surface area contributed by atoms with Crippen molar-refractivity contribution in [3.05, 3.63) is 48.3 Å². The van der Waals surface area contributed by atoms with Gasteiger partial charge in [-0.25, -0.2) is 4.98 Å². The molecule has 0 amide bonds. The normalized spacial score (nSPS) is 18.4. The van der Waals surface area contributed by atoms with Crippen LogP contribution < -0.4 is 4.74 Å². The molecule has 0 bridgehead atoms. The van der Waals surface area contributed by atoms with Gasteiger partial charge in [-0.05, 0) is 18.2 Å². The molecule has 1 N–H and O–H groups in total. The highest BCUT2D eigenvalue weighted by Crippen LogP contribution is 2.16. The van der Waals surface area contributed by atoms with E-state index >= 15 is 0 Å². The number of rotatable bonds is 7. The number of pyridine rings is 1. The quantitative estimate of drug-likeness (QED) is 0.668. The molecular weight excluding hydrogens is 366 g/mol. The van der Waals surface area contributed by atoms with Gasteiger partial charge >= 0.3 is 0 Å². The Bertz CT molecular complexity index is 891. The molecule has 3 aromatic rings. The van der Waals surface area contributed by atoms with E-state index in [9.17, 15) is 4.21 Å². The van der Waals surface area contributed by atoms with Crippen LogP contribution in [0.15, 0.2) is 47.8 Å². The molecule has 1 fully saturated rings. The lowest BCUT2D eigenvalue weighted by Gasteiger charge is -2.22. The molecule has 1 aliphatic rings. The van der Waals surface area contributed by atoms with Crippen LogP contribution in [-0.4, -0.2) is 57.4 Å². The molecule has 142 valence electrons. The number of hydrogen-bond acceptors (Lipinski definition) is 6. The monoisotopic (exact) mass is 387 g/mol. The largest absolute Gasteiger partial charge is 0.491 e. The molecule has 0 radical (unpaired) electrons. The number of nitrogens with zero attached hydrogens (tertiary/aromatic N) is 2. The van der Waals surface area contributed by atoms with Crippen molar-refractivity contribution in [2.75, 3.05) is 32.2 Å². The predicted molar refractivity (Wildman–Crippen MR) is 101 cm³/mol. The molecule has 8 heteroatoms. The van der Waals surface area contributed by atoms with Crippen LogP contribution in [0.1, 0.15) is 5.69 Å². The third-order valence-electron chi connectivity index (χ3n) is 4.24. The van der Waals surface area contributed by atoms with Gasteiger partial charge in [0.15, 0.2) is 5.16 Å². The molecule has 7 nitrogen and oxygen atoms in total. The number of H-pyrrole nitrogens is 1. The number of benzene rings is 1. The van der Waals surface area contributed by atoms with Crippen molar-refractivity contribution in [3.63, 3.8) is 0 Å². The van der Waals surface area contributed by atoms with Gasteiger partial charge in [0.05, 0.1) is 41.7 Å². The Balaban J connectivity index is 1.33. The Morgan fingerprint density at radius 1 is 1.26 bits per heavy atom. The number of nitrogens with one attached hydrogen (secondary N) is 1. The van der Waals surface area contributed by atoms with E-state index < -0.39 is 10.8 Å². The van der Waals surface area contributed by atoms with Crippen molar-refractivity contribution >= 4 is 21.8 Å². The van der Waals surface area contributed by atoms with Crippen molar-refractivity contribution < 1.29 is 18.4 Å². The third-order valence-corrected chi connectivity index (χ3v) is 5.44. The first-order chi connectivity index (χ1) is 13.3. The lowest BCUT2D eigenvalue weighted by Crippen LogP contribution is -2.33. The number of fused-ring (bicyclic) bond motifs is 1. The first kappa shape index (κ1) is 18.1. The van der Waals surface area contributed by atoms with Crippen molar-refractivity contribution in [2.24, 2.45) is 0 Å². The lowest BCUT2D eigenvalue weighted by molar-refractivity contribution is -0.101. The zero-order valence-corrected chi connectivity index (χ0v) is 15.6. The topological polar surface area (TPSA) is 86.3 Å². The van der Waals surface area contributed by atoms with Gasteiger partial charge in [0, 0.05) is 30.1 Å². The molecule has 2 unspecified atom stereocenters.